The average molecular weight is 775 g/mol. The first kappa shape index (κ1) is 44.9. The van der Waals surface area contributed by atoms with Crippen molar-refractivity contribution in [3.63, 3.8) is 0 Å². The third kappa shape index (κ3) is 11.4. The van der Waals surface area contributed by atoms with Crippen molar-refractivity contribution in [2.24, 2.45) is 11.3 Å². The second-order valence-electron chi connectivity index (χ2n) is 20.0. The Balaban J connectivity index is 1.49. The van der Waals surface area contributed by atoms with E-state index in [0.29, 0.717) is 45.3 Å². The van der Waals surface area contributed by atoms with Gasteiger partial charge in [-0.15, -0.1) is 0 Å². The molecule has 0 radical (unpaired) electrons. The maximum absolute atomic E-state index is 14.5. The first-order chi connectivity index (χ1) is 25.4. The number of piperidine rings is 1. The number of nitrogens with zero attached hydrogens (tertiary/aromatic N) is 5. The molecule has 1 N–H and O–H groups in total. The van der Waals surface area contributed by atoms with Crippen molar-refractivity contribution < 1.29 is 33.4 Å². The highest BCUT2D eigenvalue weighted by Crippen LogP contribution is 2.32. The number of ether oxygens (including phenoxy) is 2. The van der Waals surface area contributed by atoms with Crippen LogP contribution in [0.2, 0.25) is 0 Å². The molecule has 4 fully saturated rings. The SMILES string of the molecule is CC(C)C(CN1CCCC1C(=O)N1CCCC1C(=O)N1CC(OC(C)(C)C)CC1C(=O)OC(C)(C)C)N(C)C(=O)C(NC(=O)C1CCCCN1C)C(C)(C)C. The van der Waals surface area contributed by atoms with Crippen LogP contribution in [-0.2, 0) is 33.4 Å². The van der Waals surface area contributed by atoms with Gasteiger partial charge in [0.15, 0.2) is 0 Å². The highest BCUT2D eigenvalue weighted by Gasteiger charge is 2.49. The number of esters is 1. The normalized spacial score (nSPS) is 27.0. The molecule has 4 aliphatic rings. The van der Waals surface area contributed by atoms with Gasteiger partial charge in [0.05, 0.1) is 23.8 Å². The van der Waals surface area contributed by atoms with E-state index in [1.807, 2.05) is 76.4 Å². The molecule has 0 saturated carbocycles. The van der Waals surface area contributed by atoms with Gasteiger partial charge in [-0.2, -0.15) is 0 Å². The maximum atomic E-state index is 14.5. The third-order valence-electron chi connectivity index (χ3n) is 11.7. The molecule has 7 atom stereocenters. The molecule has 4 saturated heterocycles. The monoisotopic (exact) mass is 775 g/mol. The summed E-state index contributed by atoms with van der Waals surface area (Å²) in [5.41, 5.74) is -1.68. The fourth-order valence-electron chi connectivity index (χ4n) is 8.90. The van der Waals surface area contributed by atoms with E-state index in [0.717, 1.165) is 32.2 Å². The third-order valence-corrected chi connectivity index (χ3v) is 11.7. The molecule has 0 spiro atoms. The lowest BCUT2D eigenvalue weighted by Gasteiger charge is -2.41. The van der Waals surface area contributed by atoms with Crippen LogP contribution in [0.3, 0.4) is 0 Å². The van der Waals surface area contributed by atoms with Crippen LogP contribution in [0.5, 0.6) is 0 Å². The number of amides is 4. The standard InChI is InChI=1S/C42H74N6O7/c1-27(2)33(45(13)38(52)34(40(3,4)5)43-35(49)29-18-14-15-21-44(29)12)26-46-22-16-19-30(46)36(50)47-23-17-20-31(47)37(51)48-25-28(54-41(6,7)8)24-32(48)39(53)55-42(9,10)11/h27-34H,14-26H2,1-13H3,(H,43,49). The number of hydrogen-bond donors (Lipinski definition) is 1. The Morgan fingerprint density at radius 3 is 1.93 bits per heavy atom. The van der Waals surface area contributed by atoms with Crippen molar-refractivity contribution in [3.8, 4) is 0 Å². The van der Waals surface area contributed by atoms with E-state index in [9.17, 15) is 24.0 Å². The largest absolute Gasteiger partial charge is 0.458 e. The molecule has 4 rings (SSSR count). The summed E-state index contributed by atoms with van der Waals surface area (Å²) in [6.45, 7) is 24.3. The maximum Gasteiger partial charge on any atom is 0.329 e. The van der Waals surface area contributed by atoms with Gasteiger partial charge < -0.3 is 29.5 Å². The topological polar surface area (TPSA) is 132 Å². The summed E-state index contributed by atoms with van der Waals surface area (Å²) in [5.74, 6) is -0.914. The molecule has 4 aliphatic heterocycles. The van der Waals surface area contributed by atoms with Crippen LogP contribution < -0.4 is 5.32 Å². The average Bonchev–Trinajstić information content (AvgIpc) is 3.83. The second-order valence-corrected chi connectivity index (χ2v) is 20.0. The molecule has 0 aromatic carbocycles. The van der Waals surface area contributed by atoms with Gasteiger partial charge in [0.25, 0.3) is 0 Å². The zero-order valence-corrected chi connectivity index (χ0v) is 36.4. The summed E-state index contributed by atoms with van der Waals surface area (Å²) in [5, 5.41) is 3.14. The van der Waals surface area contributed by atoms with Gasteiger partial charge in [0, 0.05) is 39.1 Å². The van der Waals surface area contributed by atoms with E-state index in [1.165, 1.54) is 0 Å². The molecule has 0 aromatic rings. The van der Waals surface area contributed by atoms with Crippen molar-refractivity contribution in [2.75, 3.05) is 46.8 Å². The second kappa shape index (κ2) is 17.8. The number of carbonyl (C=O) groups is 5. The Labute approximate surface area is 331 Å². The zero-order chi connectivity index (χ0) is 41.2. The van der Waals surface area contributed by atoms with Gasteiger partial charge in [-0.3, -0.25) is 29.0 Å². The van der Waals surface area contributed by atoms with Crippen molar-refractivity contribution in [1.82, 2.24) is 29.8 Å². The van der Waals surface area contributed by atoms with Crippen LogP contribution in [0.4, 0.5) is 0 Å². The molecule has 314 valence electrons. The Kier molecular flexibility index (Phi) is 14.5. The quantitative estimate of drug-likeness (QED) is 0.309. The number of hydrogen-bond acceptors (Lipinski definition) is 9. The number of nitrogens with one attached hydrogen (secondary N) is 1. The van der Waals surface area contributed by atoms with E-state index in [-0.39, 0.29) is 54.3 Å². The van der Waals surface area contributed by atoms with Crippen LogP contribution in [-0.4, -0.2) is 154 Å². The first-order valence-electron chi connectivity index (χ1n) is 20.9. The summed E-state index contributed by atoms with van der Waals surface area (Å²) < 4.78 is 12.0. The summed E-state index contributed by atoms with van der Waals surface area (Å²) in [6.07, 6.45) is 5.58. The predicted octanol–water partition coefficient (Wildman–Crippen LogP) is 4.07. The van der Waals surface area contributed by atoms with Gasteiger partial charge in [0.2, 0.25) is 23.6 Å². The van der Waals surface area contributed by atoms with Crippen LogP contribution in [0, 0.1) is 11.3 Å². The van der Waals surface area contributed by atoms with Gasteiger partial charge in [0.1, 0.15) is 23.7 Å². The predicted molar refractivity (Wildman–Crippen MR) is 213 cm³/mol. The van der Waals surface area contributed by atoms with E-state index in [4.69, 9.17) is 9.47 Å². The van der Waals surface area contributed by atoms with Crippen LogP contribution in [0.15, 0.2) is 0 Å². The number of carbonyl (C=O) groups excluding carboxylic acids is 5. The minimum Gasteiger partial charge on any atom is -0.458 e. The fraction of sp³-hybridized carbons (Fsp3) is 0.881. The first-order valence-corrected chi connectivity index (χ1v) is 20.9. The van der Waals surface area contributed by atoms with Gasteiger partial charge in [-0.25, -0.2) is 4.79 Å². The summed E-state index contributed by atoms with van der Waals surface area (Å²) in [7, 11) is 3.79. The lowest BCUT2D eigenvalue weighted by molar-refractivity contribution is -0.164. The molecule has 0 aliphatic carbocycles. The van der Waals surface area contributed by atoms with Gasteiger partial charge in [-0.1, -0.05) is 41.0 Å². The number of likely N-dealkylation sites (tertiary alicyclic amines) is 4. The fourth-order valence-corrected chi connectivity index (χ4v) is 8.90. The van der Waals surface area contributed by atoms with Crippen molar-refractivity contribution in [3.05, 3.63) is 0 Å². The number of rotatable bonds is 11. The van der Waals surface area contributed by atoms with Gasteiger partial charge in [-0.05, 0) is 112 Å². The lowest BCUT2D eigenvalue weighted by Crippen LogP contribution is -2.61. The van der Waals surface area contributed by atoms with Crippen LogP contribution in [0.25, 0.3) is 0 Å². The molecule has 4 heterocycles. The van der Waals surface area contributed by atoms with Crippen molar-refractivity contribution in [1.29, 1.82) is 0 Å². The van der Waals surface area contributed by atoms with E-state index >= 15 is 0 Å². The smallest absolute Gasteiger partial charge is 0.329 e. The highest BCUT2D eigenvalue weighted by atomic mass is 16.6. The molecule has 0 aromatic heterocycles. The molecule has 4 amide bonds. The van der Waals surface area contributed by atoms with Crippen molar-refractivity contribution >= 4 is 29.6 Å². The summed E-state index contributed by atoms with van der Waals surface area (Å²) in [4.78, 5) is 79.6. The summed E-state index contributed by atoms with van der Waals surface area (Å²) >= 11 is 0. The summed E-state index contributed by atoms with van der Waals surface area (Å²) in [6, 6.07) is -3.05. The van der Waals surface area contributed by atoms with Crippen molar-refractivity contribution in [2.45, 2.75) is 181 Å². The Morgan fingerprint density at radius 1 is 0.745 bits per heavy atom. The Hall–Kier alpha value is -2.77. The highest BCUT2D eigenvalue weighted by molar-refractivity contribution is 5.93. The molecule has 7 unspecified atom stereocenters. The minimum atomic E-state index is -0.787. The number of likely N-dealkylation sites (N-methyl/N-ethyl adjacent to an activating group) is 2. The van der Waals surface area contributed by atoms with E-state index < -0.39 is 46.8 Å². The van der Waals surface area contributed by atoms with Crippen LogP contribution in [0.1, 0.15) is 128 Å². The molecular weight excluding hydrogens is 700 g/mol. The molecular formula is C42H74N6O7. The Morgan fingerprint density at radius 2 is 1.35 bits per heavy atom. The molecule has 13 heteroatoms. The van der Waals surface area contributed by atoms with E-state index in [1.54, 1.807) is 14.7 Å². The minimum absolute atomic E-state index is 0.0724. The Bertz CT molecular complexity index is 1380. The van der Waals surface area contributed by atoms with E-state index in [2.05, 4.69) is 29.0 Å². The van der Waals surface area contributed by atoms with Crippen LogP contribution >= 0.6 is 0 Å². The van der Waals surface area contributed by atoms with Gasteiger partial charge >= 0.3 is 5.97 Å². The molecule has 55 heavy (non-hydrogen) atoms. The lowest BCUT2D eigenvalue weighted by atomic mass is 9.84. The molecule has 0 bridgehead atoms. The molecule has 13 nitrogen and oxygen atoms in total. The zero-order valence-electron chi connectivity index (χ0n) is 36.4.